The van der Waals surface area contributed by atoms with E-state index in [1.54, 1.807) is 18.6 Å². The molecule has 0 saturated heterocycles. The van der Waals surface area contributed by atoms with E-state index in [2.05, 4.69) is 0 Å². The average Bonchev–Trinajstić information content (AvgIpc) is 2.91. The summed E-state index contributed by atoms with van der Waals surface area (Å²) in [6.45, 7) is 0.803. The highest BCUT2D eigenvalue weighted by Gasteiger charge is 2.13. The number of halogens is 1. The van der Waals surface area contributed by atoms with Gasteiger partial charge in [0.25, 0.3) is 0 Å². The van der Waals surface area contributed by atoms with Gasteiger partial charge in [0.1, 0.15) is 0 Å². The minimum atomic E-state index is -0.532. The number of rotatable bonds is 6. The van der Waals surface area contributed by atoms with Crippen LogP contribution in [-0.2, 0) is 6.54 Å². The van der Waals surface area contributed by atoms with Crippen LogP contribution in [0.15, 0.2) is 41.2 Å². The number of ketones is 1. The monoisotopic (exact) mass is 277 g/mol. The highest BCUT2D eigenvalue weighted by Crippen LogP contribution is 2.18. The third kappa shape index (κ3) is 3.45. The Morgan fingerprint density at radius 1 is 1.40 bits per heavy atom. The third-order valence-corrected chi connectivity index (χ3v) is 2.92. The van der Waals surface area contributed by atoms with Crippen molar-refractivity contribution < 1.29 is 18.3 Å². The van der Waals surface area contributed by atoms with Crippen LogP contribution in [0.3, 0.4) is 0 Å². The normalized spacial score (nSPS) is 10.8. The minimum absolute atomic E-state index is 0.133. The second-order valence-corrected chi connectivity index (χ2v) is 4.58. The van der Waals surface area contributed by atoms with Gasteiger partial charge in [-0.2, -0.15) is 0 Å². The van der Waals surface area contributed by atoms with Gasteiger partial charge in [0.05, 0.1) is 26.2 Å². The van der Waals surface area contributed by atoms with Crippen molar-refractivity contribution in [3.8, 4) is 5.75 Å². The van der Waals surface area contributed by atoms with Gasteiger partial charge in [0, 0.05) is 17.7 Å². The second-order valence-electron chi connectivity index (χ2n) is 4.58. The summed E-state index contributed by atoms with van der Waals surface area (Å²) in [7, 11) is 3.21. The van der Waals surface area contributed by atoms with Crippen molar-refractivity contribution in [1.29, 1.82) is 0 Å². The molecule has 5 heteroatoms. The van der Waals surface area contributed by atoms with Crippen molar-refractivity contribution >= 4 is 5.78 Å². The van der Waals surface area contributed by atoms with Crippen molar-refractivity contribution in [1.82, 2.24) is 4.90 Å². The molecule has 0 aliphatic heterocycles. The zero-order valence-corrected chi connectivity index (χ0v) is 11.4. The topological polar surface area (TPSA) is 42.7 Å². The van der Waals surface area contributed by atoms with Crippen LogP contribution >= 0.6 is 0 Å². The number of nitrogens with zero attached hydrogens (tertiary/aromatic N) is 1. The van der Waals surface area contributed by atoms with E-state index in [0.29, 0.717) is 12.1 Å². The predicted molar refractivity (Wildman–Crippen MR) is 72.3 cm³/mol. The molecular weight excluding hydrogens is 261 g/mol. The Hall–Kier alpha value is -2.14. The van der Waals surface area contributed by atoms with Gasteiger partial charge in [-0.15, -0.1) is 0 Å². The number of Topliss-reactive ketones (excluding diaryl/α,β-unsaturated/α-hetero) is 1. The van der Waals surface area contributed by atoms with Gasteiger partial charge in [-0.05, 0) is 31.3 Å². The number of carbonyl (C=O) groups excluding carboxylic acids is 1. The van der Waals surface area contributed by atoms with Crippen LogP contribution in [0.2, 0.25) is 0 Å². The maximum atomic E-state index is 13.6. The van der Waals surface area contributed by atoms with Crippen molar-refractivity contribution in [2.45, 2.75) is 6.54 Å². The van der Waals surface area contributed by atoms with Crippen molar-refractivity contribution in [2.75, 3.05) is 20.7 Å². The van der Waals surface area contributed by atoms with Gasteiger partial charge in [0.15, 0.2) is 17.3 Å². The van der Waals surface area contributed by atoms with Crippen LogP contribution in [0.25, 0.3) is 0 Å². The molecule has 0 N–H and O–H groups in total. The predicted octanol–water partition coefficient (Wildman–Crippen LogP) is 2.74. The molecule has 0 radical (unpaired) electrons. The number of likely N-dealkylation sites (N-methyl/N-ethyl adjacent to an activating group) is 1. The van der Waals surface area contributed by atoms with Gasteiger partial charge in [0.2, 0.25) is 0 Å². The van der Waals surface area contributed by atoms with Gasteiger partial charge >= 0.3 is 0 Å². The number of hydrogen-bond acceptors (Lipinski definition) is 4. The summed E-state index contributed by atoms with van der Waals surface area (Å²) in [5, 5.41) is 0. The van der Waals surface area contributed by atoms with Gasteiger partial charge < -0.3 is 9.15 Å². The summed E-state index contributed by atoms with van der Waals surface area (Å²) in [4.78, 5) is 13.9. The SMILES string of the molecule is COc1ccc(C(=O)CN(C)Cc2ccoc2)cc1F. The van der Waals surface area contributed by atoms with Crippen LogP contribution < -0.4 is 4.74 Å². The van der Waals surface area contributed by atoms with Gasteiger partial charge in [-0.25, -0.2) is 4.39 Å². The number of methoxy groups -OCH3 is 1. The molecule has 0 aliphatic rings. The summed E-state index contributed by atoms with van der Waals surface area (Å²) in [6, 6.07) is 6.06. The smallest absolute Gasteiger partial charge is 0.176 e. The number of benzene rings is 1. The van der Waals surface area contributed by atoms with E-state index >= 15 is 0 Å². The van der Waals surface area contributed by atoms with E-state index in [1.807, 2.05) is 18.0 Å². The Labute approximate surface area is 116 Å². The average molecular weight is 277 g/mol. The molecule has 1 aromatic carbocycles. The maximum Gasteiger partial charge on any atom is 0.176 e. The Balaban J connectivity index is 1.99. The van der Waals surface area contributed by atoms with Crippen LogP contribution in [0.4, 0.5) is 4.39 Å². The fourth-order valence-corrected chi connectivity index (χ4v) is 1.93. The molecule has 20 heavy (non-hydrogen) atoms. The van der Waals surface area contributed by atoms with E-state index in [4.69, 9.17) is 9.15 Å². The Kier molecular flexibility index (Phi) is 4.53. The highest BCUT2D eigenvalue weighted by atomic mass is 19.1. The molecule has 0 saturated carbocycles. The maximum absolute atomic E-state index is 13.6. The Morgan fingerprint density at radius 3 is 2.80 bits per heavy atom. The highest BCUT2D eigenvalue weighted by molar-refractivity contribution is 5.97. The van der Waals surface area contributed by atoms with E-state index < -0.39 is 5.82 Å². The lowest BCUT2D eigenvalue weighted by molar-refractivity contribution is 0.0942. The third-order valence-electron chi connectivity index (χ3n) is 2.92. The summed E-state index contributed by atoms with van der Waals surface area (Å²) in [5.74, 6) is -0.540. The molecule has 0 unspecified atom stereocenters. The number of ether oxygens (including phenoxy) is 1. The van der Waals surface area contributed by atoms with E-state index in [1.165, 1.54) is 19.2 Å². The molecule has 0 spiro atoms. The lowest BCUT2D eigenvalue weighted by Crippen LogP contribution is -2.25. The summed E-state index contributed by atoms with van der Waals surface area (Å²) in [6.07, 6.45) is 3.22. The Bertz CT molecular complexity index is 581. The first-order chi connectivity index (χ1) is 9.60. The van der Waals surface area contributed by atoms with Crippen molar-refractivity contribution in [3.63, 3.8) is 0 Å². The standard InChI is InChI=1S/C15H16FNO3/c1-17(8-11-5-6-20-10-11)9-14(18)12-3-4-15(19-2)13(16)7-12/h3-7,10H,8-9H2,1-2H3. The molecule has 1 heterocycles. The molecule has 0 atom stereocenters. The largest absolute Gasteiger partial charge is 0.494 e. The minimum Gasteiger partial charge on any atom is -0.494 e. The zero-order valence-electron chi connectivity index (χ0n) is 11.4. The fraction of sp³-hybridized carbons (Fsp3) is 0.267. The summed E-state index contributed by atoms with van der Waals surface area (Å²) in [5.41, 5.74) is 1.32. The zero-order chi connectivity index (χ0) is 14.5. The number of hydrogen-bond donors (Lipinski definition) is 0. The van der Waals surface area contributed by atoms with Crippen molar-refractivity contribution in [3.05, 3.63) is 53.7 Å². The van der Waals surface area contributed by atoms with Gasteiger partial charge in [-0.3, -0.25) is 9.69 Å². The molecule has 1 aromatic heterocycles. The lowest BCUT2D eigenvalue weighted by atomic mass is 10.1. The second kappa shape index (κ2) is 6.34. The fourth-order valence-electron chi connectivity index (χ4n) is 1.93. The van der Waals surface area contributed by atoms with Gasteiger partial charge in [-0.1, -0.05) is 0 Å². The van der Waals surface area contributed by atoms with Crippen molar-refractivity contribution in [2.24, 2.45) is 0 Å². The van der Waals surface area contributed by atoms with E-state index in [-0.39, 0.29) is 18.1 Å². The van der Waals surface area contributed by atoms with Crippen LogP contribution in [0, 0.1) is 5.82 Å². The van der Waals surface area contributed by atoms with E-state index in [0.717, 1.165) is 5.56 Å². The molecule has 2 aromatic rings. The first-order valence-electron chi connectivity index (χ1n) is 6.16. The van der Waals surface area contributed by atoms with Crippen LogP contribution in [-0.4, -0.2) is 31.4 Å². The first-order valence-corrected chi connectivity index (χ1v) is 6.16. The van der Waals surface area contributed by atoms with E-state index in [9.17, 15) is 9.18 Å². The first kappa shape index (κ1) is 14.3. The molecule has 2 rings (SSSR count). The summed E-state index contributed by atoms with van der Waals surface area (Å²) < 4.78 is 23.3. The Morgan fingerprint density at radius 2 is 2.20 bits per heavy atom. The molecule has 106 valence electrons. The van der Waals surface area contributed by atoms with Crippen LogP contribution in [0.1, 0.15) is 15.9 Å². The molecule has 0 bridgehead atoms. The molecular formula is C15H16FNO3. The quantitative estimate of drug-likeness (QED) is 0.761. The van der Waals surface area contributed by atoms with Crippen LogP contribution in [0.5, 0.6) is 5.75 Å². The molecule has 0 fully saturated rings. The number of furan rings is 1. The molecule has 4 nitrogen and oxygen atoms in total. The molecule has 0 amide bonds. The number of carbonyl (C=O) groups is 1. The molecule has 0 aliphatic carbocycles. The lowest BCUT2D eigenvalue weighted by Gasteiger charge is -2.14. The summed E-state index contributed by atoms with van der Waals surface area (Å²) >= 11 is 0.